The molecule has 76 valence electrons. The maximum atomic E-state index is 5.31. The van der Waals surface area contributed by atoms with E-state index >= 15 is 0 Å². The molecule has 0 heterocycles. The van der Waals surface area contributed by atoms with Gasteiger partial charge in [-0.05, 0) is 26.0 Å². The van der Waals surface area contributed by atoms with Crippen LogP contribution in [0.25, 0.3) is 0 Å². The lowest BCUT2D eigenvalue weighted by Crippen LogP contribution is -2.40. The molecule has 0 aliphatic carbocycles. The Morgan fingerprint density at radius 3 is 2.31 bits per heavy atom. The zero-order chi connectivity index (χ0) is 10.3. The Hall–Kier alpha value is -0.130. The summed E-state index contributed by atoms with van der Waals surface area (Å²) in [6, 6.07) is 0.185. The molecular weight excluding hydrogens is 178 g/mol. The van der Waals surface area contributed by atoms with Crippen molar-refractivity contribution < 1.29 is 0 Å². The third kappa shape index (κ3) is 4.06. The summed E-state index contributed by atoms with van der Waals surface area (Å²) in [7, 11) is 0. The number of hydrogen-bond acceptors (Lipinski definition) is 2. The van der Waals surface area contributed by atoms with Gasteiger partial charge in [-0.3, -0.25) is 0 Å². The van der Waals surface area contributed by atoms with Gasteiger partial charge < -0.3 is 5.32 Å². The van der Waals surface area contributed by atoms with Gasteiger partial charge in [-0.1, -0.05) is 19.8 Å². The van der Waals surface area contributed by atoms with Crippen molar-refractivity contribution in [1.29, 1.82) is 0 Å². The highest BCUT2D eigenvalue weighted by Crippen LogP contribution is 2.29. The van der Waals surface area contributed by atoms with E-state index in [4.69, 9.17) is 6.42 Å². The molecule has 0 aromatic heterocycles. The Bertz CT molecular complexity index is 159. The van der Waals surface area contributed by atoms with Crippen molar-refractivity contribution in [1.82, 2.24) is 5.32 Å². The SMILES string of the molecule is C#CC(C)NCC(CC)(CC)SC. The van der Waals surface area contributed by atoms with E-state index in [-0.39, 0.29) is 6.04 Å². The van der Waals surface area contributed by atoms with Gasteiger partial charge in [0.1, 0.15) is 0 Å². The number of rotatable bonds is 6. The summed E-state index contributed by atoms with van der Waals surface area (Å²) in [6.07, 6.45) is 9.86. The van der Waals surface area contributed by atoms with Crippen LogP contribution in [0.3, 0.4) is 0 Å². The van der Waals surface area contributed by atoms with Crippen molar-refractivity contribution in [2.24, 2.45) is 0 Å². The molecular formula is C11H21NS. The molecule has 0 spiro atoms. The van der Waals surface area contributed by atoms with E-state index in [0.29, 0.717) is 4.75 Å². The minimum Gasteiger partial charge on any atom is -0.303 e. The third-order valence-corrected chi connectivity index (χ3v) is 4.29. The first-order valence-electron chi connectivity index (χ1n) is 4.88. The Morgan fingerprint density at radius 1 is 1.46 bits per heavy atom. The molecule has 0 radical (unpaired) electrons. The van der Waals surface area contributed by atoms with Crippen molar-refractivity contribution in [3.63, 3.8) is 0 Å². The first-order valence-corrected chi connectivity index (χ1v) is 6.11. The Morgan fingerprint density at radius 2 is 2.00 bits per heavy atom. The van der Waals surface area contributed by atoms with Gasteiger partial charge in [-0.2, -0.15) is 11.8 Å². The molecule has 0 fully saturated rings. The van der Waals surface area contributed by atoms with Crippen molar-refractivity contribution in [2.75, 3.05) is 12.8 Å². The first kappa shape index (κ1) is 12.9. The van der Waals surface area contributed by atoms with Gasteiger partial charge in [0.05, 0.1) is 6.04 Å². The summed E-state index contributed by atoms with van der Waals surface area (Å²) >= 11 is 1.94. The molecule has 0 aliphatic heterocycles. The van der Waals surface area contributed by atoms with E-state index in [1.54, 1.807) is 0 Å². The fourth-order valence-electron chi connectivity index (χ4n) is 1.26. The standard InChI is InChI=1S/C11H21NS/c1-6-10(4)12-9-11(7-2,8-3)13-5/h1,10,12H,7-9H2,2-5H3. The monoisotopic (exact) mass is 199 g/mol. The summed E-state index contributed by atoms with van der Waals surface area (Å²) < 4.78 is 0.366. The summed E-state index contributed by atoms with van der Waals surface area (Å²) in [5.74, 6) is 2.69. The van der Waals surface area contributed by atoms with E-state index in [0.717, 1.165) is 6.54 Å². The van der Waals surface area contributed by atoms with Gasteiger partial charge in [-0.15, -0.1) is 6.42 Å². The van der Waals surface area contributed by atoms with Gasteiger partial charge in [0.15, 0.2) is 0 Å². The number of hydrogen-bond donors (Lipinski definition) is 1. The molecule has 0 saturated heterocycles. The first-order chi connectivity index (χ1) is 6.14. The van der Waals surface area contributed by atoms with Crippen LogP contribution in [0, 0.1) is 12.3 Å². The molecule has 1 unspecified atom stereocenters. The van der Waals surface area contributed by atoms with Crippen LogP contribution >= 0.6 is 11.8 Å². The zero-order valence-electron chi connectivity index (χ0n) is 9.18. The van der Waals surface area contributed by atoms with E-state index in [1.165, 1.54) is 12.8 Å². The van der Waals surface area contributed by atoms with Crippen molar-refractivity contribution in [3.05, 3.63) is 0 Å². The molecule has 0 saturated carbocycles. The Balaban J connectivity index is 4.04. The lowest BCUT2D eigenvalue weighted by atomic mass is 10.0. The summed E-state index contributed by atoms with van der Waals surface area (Å²) in [5.41, 5.74) is 0. The van der Waals surface area contributed by atoms with Crippen LogP contribution in [0.15, 0.2) is 0 Å². The third-order valence-electron chi connectivity index (χ3n) is 2.70. The summed E-state index contributed by atoms with van der Waals surface area (Å²) in [6.45, 7) is 7.51. The van der Waals surface area contributed by atoms with Gasteiger partial charge in [0, 0.05) is 11.3 Å². The summed E-state index contributed by atoms with van der Waals surface area (Å²) in [4.78, 5) is 0. The quantitative estimate of drug-likeness (QED) is 0.660. The van der Waals surface area contributed by atoms with Gasteiger partial charge in [0.2, 0.25) is 0 Å². The highest BCUT2D eigenvalue weighted by Gasteiger charge is 2.24. The van der Waals surface area contributed by atoms with Crippen LogP contribution in [0.2, 0.25) is 0 Å². The van der Waals surface area contributed by atoms with E-state index in [9.17, 15) is 0 Å². The predicted molar refractivity (Wildman–Crippen MR) is 63.1 cm³/mol. The Labute approximate surface area is 87.1 Å². The van der Waals surface area contributed by atoms with Crippen LogP contribution in [0.4, 0.5) is 0 Å². The fourth-order valence-corrected chi connectivity index (χ4v) is 2.06. The van der Waals surface area contributed by atoms with Crippen molar-refractivity contribution in [2.45, 2.75) is 44.4 Å². The topological polar surface area (TPSA) is 12.0 Å². The van der Waals surface area contributed by atoms with E-state index in [1.807, 2.05) is 18.7 Å². The molecule has 0 aliphatic rings. The number of nitrogens with one attached hydrogen (secondary N) is 1. The van der Waals surface area contributed by atoms with Gasteiger partial charge in [0.25, 0.3) is 0 Å². The molecule has 0 rings (SSSR count). The second kappa shape index (κ2) is 6.34. The lowest BCUT2D eigenvalue weighted by Gasteiger charge is -2.30. The van der Waals surface area contributed by atoms with Crippen LogP contribution in [-0.4, -0.2) is 23.6 Å². The van der Waals surface area contributed by atoms with E-state index in [2.05, 4.69) is 31.3 Å². The smallest absolute Gasteiger partial charge is 0.0658 e. The molecule has 1 N–H and O–H groups in total. The largest absolute Gasteiger partial charge is 0.303 e. The normalized spacial score (nSPS) is 13.8. The number of terminal acetylenes is 1. The molecule has 0 bridgehead atoms. The Kier molecular flexibility index (Phi) is 6.28. The highest BCUT2D eigenvalue weighted by molar-refractivity contribution is 8.00. The van der Waals surface area contributed by atoms with Gasteiger partial charge in [-0.25, -0.2) is 0 Å². The maximum absolute atomic E-state index is 5.31. The molecule has 13 heavy (non-hydrogen) atoms. The summed E-state index contributed by atoms with van der Waals surface area (Å²) in [5, 5.41) is 3.37. The van der Waals surface area contributed by atoms with Crippen LogP contribution in [-0.2, 0) is 0 Å². The minimum absolute atomic E-state index is 0.185. The lowest BCUT2D eigenvalue weighted by molar-refractivity contribution is 0.484. The van der Waals surface area contributed by atoms with Crippen LogP contribution in [0.5, 0.6) is 0 Å². The minimum atomic E-state index is 0.185. The second-order valence-electron chi connectivity index (χ2n) is 3.36. The fraction of sp³-hybridized carbons (Fsp3) is 0.818. The number of thioether (sulfide) groups is 1. The average molecular weight is 199 g/mol. The molecule has 0 aromatic rings. The van der Waals surface area contributed by atoms with Crippen LogP contribution < -0.4 is 5.32 Å². The molecule has 0 aromatic carbocycles. The second-order valence-corrected chi connectivity index (χ2v) is 4.64. The van der Waals surface area contributed by atoms with Crippen molar-refractivity contribution in [3.8, 4) is 12.3 Å². The van der Waals surface area contributed by atoms with Crippen LogP contribution in [0.1, 0.15) is 33.6 Å². The average Bonchev–Trinajstić information content (AvgIpc) is 2.20. The molecule has 1 atom stereocenters. The maximum Gasteiger partial charge on any atom is 0.0658 e. The highest BCUT2D eigenvalue weighted by atomic mass is 32.2. The van der Waals surface area contributed by atoms with E-state index < -0.39 is 0 Å². The molecule has 0 amide bonds. The van der Waals surface area contributed by atoms with Crippen molar-refractivity contribution >= 4 is 11.8 Å². The predicted octanol–water partition coefficient (Wildman–Crippen LogP) is 2.52. The molecule has 2 heteroatoms. The zero-order valence-corrected chi connectivity index (χ0v) is 10.0. The van der Waals surface area contributed by atoms with Gasteiger partial charge >= 0.3 is 0 Å². The molecule has 1 nitrogen and oxygen atoms in total.